The molecular weight excluding hydrogens is 270 g/mol. The number of halogens is 1. The Morgan fingerprint density at radius 3 is 2.88 bits per heavy atom. The molecule has 3 nitrogen and oxygen atoms in total. The van der Waals surface area contributed by atoms with Gasteiger partial charge < -0.3 is 4.42 Å². The van der Waals surface area contributed by atoms with E-state index in [1.165, 1.54) is 0 Å². The monoisotopic (exact) mass is 279 g/mol. The van der Waals surface area contributed by atoms with Crippen LogP contribution in [0.2, 0.25) is 0 Å². The Bertz CT molecular complexity index is 629. The summed E-state index contributed by atoms with van der Waals surface area (Å²) in [5, 5.41) is 0.500. The molecule has 0 atom stereocenters. The van der Waals surface area contributed by atoms with Crippen molar-refractivity contribution in [2.24, 2.45) is 0 Å². The van der Waals surface area contributed by atoms with Crippen LogP contribution < -0.4 is 5.63 Å². The molecule has 16 heavy (non-hydrogen) atoms. The van der Waals surface area contributed by atoms with E-state index in [-0.39, 0.29) is 5.63 Å². The first-order valence-corrected chi connectivity index (χ1v) is 5.65. The van der Waals surface area contributed by atoms with Crippen LogP contribution in [0, 0.1) is 6.92 Å². The zero-order chi connectivity index (χ0) is 11.7. The molecule has 82 valence electrons. The van der Waals surface area contributed by atoms with Crippen molar-refractivity contribution in [3.05, 3.63) is 44.6 Å². The fourth-order valence-corrected chi connectivity index (χ4v) is 2.11. The number of benzene rings is 1. The van der Waals surface area contributed by atoms with Gasteiger partial charge >= 0.3 is 5.63 Å². The highest BCUT2D eigenvalue weighted by atomic mass is 79.9. The lowest BCUT2D eigenvalue weighted by atomic mass is 10.1. The van der Waals surface area contributed by atoms with Crippen LogP contribution in [0.25, 0.3) is 17.0 Å². The van der Waals surface area contributed by atoms with Crippen molar-refractivity contribution in [3.63, 3.8) is 0 Å². The molecule has 0 unspecified atom stereocenters. The molecular formula is C12H10BrNO2. The first-order chi connectivity index (χ1) is 7.61. The van der Waals surface area contributed by atoms with Crippen LogP contribution in [0.4, 0.5) is 0 Å². The second-order valence-corrected chi connectivity index (χ2v) is 4.37. The van der Waals surface area contributed by atoms with Gasteiger partial charge in [0.2, 0.25) is 5.89 Å². The van der Waals surface area contributed by atoms with Crippen molar-refractivity contribution in [1.29, 1.82) is 0 Å². The van der Waals surface area contributed by atoms with Crippen LogP contribution in [-0.2, 0) is 0 Å². The summed E-state index contributed by atoms with van der Waals surface area (Å²) in [6.45, 7) is 3.76. The maximum atomic E-state index is 11.7. The molecule has 2 aromatic rings. The number of nitrogens with zero attached hydrogens (tertiary/aromatic N) is 1. The minimum absolute atomic E-state index is 0.338. The molecule has 0 fully saturated rings. The molecule has 0 aliphatic rings. The van der Waals surface area contributed by atoms with Crippen LogP contribution in [0.5, 0.6) is 0 Å². The molecule has 0 amide bonds. The van der Waals surface area contributed by atoms with Gasteiger partial charge in [0.1, 0.15) is 0 Å². The molecule has 0 radical (unpaired) electrons. The normalized spacial score (nSPS) is 11.4. The second-order valence-electron chi connectivity index (χ2n) is 3.46. The van der Waals surface area contributed by atoms with Gasteiger partial charge in [0.05, 0.1) is 10.9 Å². The van der Waals surface area contributed by atoms with Crippen LogP contribution in [0.1, 0.15) is 18.4 Å². The van der Waals surface area contributed by atoms with Crippen molar-refractivity contribution >= 4 is 32.9 Å². The summed E-state index contributed by atoms with van der Waals surface area (Å²) in [5.74, 6) is 0.338. The summed E-state index contributed by atoms with van der Waals surface area (Å²) in [6, 6.07) is 3.65. The maximum absolute atomic E-state index is 11.7. The lowest BCUT2D eigenvalue weighted by molar-refractivity contribution is 0.490. The van der Waals surface area contributed by atoms with E-state index in [9.17, 15) is 4.79 Å². The van der Waals surface area contributed by atoms with E-state index in [1.807, 2.05) is 19.9 Å². The Labute approximate surface area is 101 Å². The highest BCUT2D eigenvalue weighted by molar-refractivity contribution is 9.10. The molecule has 0 N–H and O–H groups in total. The number of allylic oxidation sites excluding steroid dienone is 1. The Morgan fingerprint density at radius 2 is 2.19 bits per heavy atom. The maximum Gasteiger partial charge on any atom is 0.347 e. The van der Waals surface area contributed by atoms with E-state index >= 15 is 0 Å². The largest absolute Gasteiger partial charge is 0.404 e. The van der Waals surface area contributed by atoms with Gasteiger partial charge in [-0.25, -0.2) is 9.78 Å². The fraction of sp³-hybridized carbons (Fsp3) is 0.167. The van der Waals surface area contributed by atoms with Gasteiger partial charge in [0, 0.05) is 4.47 Å². The molecule has 0 saturated carbocycles. The molecule has 0 aliphatic heterocycles. The van der Waals surface area contributed by atoms with Crippen molar-refractivity contribution in [2.75, 3.05) is 0 Å². The smallest absolute Gasteiger partial charge is 0.347 e. The van der Waals surface area contributed by atoms with Gasteiger partial charge in [-0.3, -0.25) is 0 Å². The van der Waals surface area contributed by atoms with Gasteiger partial charge in [0.25, 0.3) is 0 Å². The number of hydrogen-bond donors (Lipinski definition) is 0. The zero-order valence-electron chi connectivity index (χ0n) is 8.95. The Hall–Kier alpha value is -1.42. The number of fused-ring (bicyclic) bond motifs is 1. The summed E-state index contributed by atoms with van der Waals surface area (Å²) >= 11 is 3.34. The topological polar surface area (TPSA) is 43.1 Å². The molecule has 1 aromatic carbocycles. The minimum atomic E-state index is -0.359. The fourth-order valence-electron chi connectivity index (χ4n) is 1.54. The van der Waals surface area contributed by atoms with Crippen molar-refractivity contribution in [3.8, 4) is 0 Å². The lowest BCUT2D eigenvalue weighted by Gasteiger charge is -2.02. The predicted molar refractivity (Wildman–Crippen MR) is 67.4 cm³/mol. The van der Waals surface area contributed by atoms with Gasteiger partial charge in [-0.15, -0.1) is 0 Å². The molecule has 0 spiro atoms. The molecule has 4 heteroatoms. The summed E-state index contributed by atoms with van der Waals surface area (Å²) in [6.07, 6.45) is 3.45. The van der Waals surface area contributed by atoms with Gasteiger partial charge in [0.15, 0.2) is 0 Å². The van der Waals surface area contributed by atoms with E-state index in [2.05, 4.69) is 20.9 Å². The quantitative estimate of drug-likeness (QED) is 0.805. The highest BCUT2D eigenvalue weighted by Gasteiger charge is 2.07. The van der Waals surface area contributed by atoms with Crippen molar-refractivity contribution in [1.82, 2.24) is 4.98 Å². The number of aryl methyl sites for hydroxylation is 1. The Balaban J connectivity index is 2.87. The van der Waals surface area contributed by atoms with Crippen LogP contribution in [-0.4, -0.2) is 4.98 Å². The summed E-state index contributed by atoms with van der Waals surface area (Å²) in [5.41, 5.74) is 1.28. The standard InChI is InChI=1S/C12H10BrNO2/c1-3-4-10-14-11-7(2)5-8(13)6-9(11)12(15)16-10/h3-6H,1-2H3. The average molecular weight is 280 g/mol. The molecule has 0 saturated heterocycles. The van der Waals surface area contributed by atoms with Crippen molar-refractivity contribution < 1.29 is 4.42 Å². The summed E-state index contributed by atoms with van der Waals surface area (Å²) in [4.78, 5) is 16.0. The zero-order valence-corrected chi connectivity index (χ0v) is 10.5. The van der Waals surface area contributed by atoms with E-state index in [0.717, 1.165) is 10.0 Å². The van der Waals surface area contributed by atoms with Crippen LogP contribution in [0.15, 0.2) is 31.9 Å². The molecule has 1 aromatic heterocycles. The molecule has 0 bridgehead atoms. The summed E-state index contributed by atoms with van der Waals surface area (Å²) < 4.78 is 5.92. The number of hydrogen-bond acceptors (Lipinski definition) is 3. The van der Waals surface area contributed by atoms with Crippen molar-refractivity contribution in [2.45, 2.75) is 13.8 Å². The Morgan fingerprint density at radius 1 is 1.44 bits per heavy atom. The number of aromatic nitrogens is 1. The molecule has 0 aliphatic carbocycles. The SMILES string of the molecule is CC=Cc1nc2c(C)cc(Br)cc2c(=O)o1. The first kappa shape index (κ1) is 11.1. The van der Waals surface area contributed by atoms with Crippen LogP contribution in [0.3, 0.4) is 0 Å². The minimum Gasteiger partial charge on any atom is -0.404 e. The van der Waals surface area contributed by atoms with Crippen LogP contribution >= 0.6 is 15.9 Å². The first-order valence-electron chi connectivity index (χ1n) is 4.85. The second kappa shape index (κ2) is 4.22. The van der Waals surface area contributed by atoms with E-state index in [4.69, 9.17) is 4.42 Å². The van der Waals surface area contributed by atoms with E-state index in [0.29, 0.717) is 16.8 Å². The highest BCUT2D eigenvalue weighted by Crippen LogP contribution is 2.20. The lowest BCUT2D eigenvalue weighted by Crippen LogP contribution is -2.04. The van der Waals surface area contributed by atoms with Gasteiger partial charge in [-0.1, -0.05) is 22.0 Å². The third-order valence-electron chi connectivity index (χ3n) is 2.21. The van der Waals surface area contributed by atoms with Gasteiger partial charge in [-0.05, 0) is 37.6 Å². The molecule has 1 heterocycles. The van der Waals surface area contributed by atoms with Gasteiger partial charge in [-0.2, -0.15) is 0 Å². The predicted octanol–water partition coefficient (Wildman–Crippen LogP) is 3.29. The average Bonchev–Trinajstić information content (AvgIpc) is 2.20. The summed E-state index contributed by atoms with van der Waals surface area (Å²) in [7, 11) is 0. The Kier molecular flexibility index (Phi) is 2.92. The third-order valence-corrected chi connectivity index (χ3v) is 2.67. The van der Waals surface area contributed by atoms with E-state index in [1.54, 1.807) is 18.2 Å². The van der Waals surface area contributed by atoms with E-state index < -0.39 is 0 Å². The third kappa shape index (κ3) is 1.93. The molecule has 2 rings (SSSR count). The number of rotatable bonds is 1.